The number of carboxylic acid groups (broad SMARTS) is 1. The molecule has 0 aromatic heterocycles. The fraction of sp³-hybridized carbons (Fsp3) is 0.100. The third-order valence-corrected chi connectivity index (χ3v) is 4.07. The summed E-state index contributed by atoms with van der Waals surface area (Å²) in [5.41, 5.74) is 0.251. The zero-order valence-electron chi connectivity index (χ0n) is 14.9. The van der Waals surface area contributed by atoms with Gasteiger partial charge in [-0.1, -0.05) is 24.3 Å². The van der Waals surface area contributed by atoms with E-state index >= 15 is 0 Å². The number of rotatable bonds is 7. The maximum atomic E-state index is 12.2. The average molecular weight is 379 g/mol. The van der Waals surface area contributed by atoms with Crippen molar-refractivity contribution in [3.05, 3.63) is 80.6 Å². The summed E-state index contributed by atoms with van der Waals surface area (Å²) in [4.78, 5) is 46.9. The topological polar surface area (TPSA) is 125 Å². The molecule has 1 atom stereocenters. The standard InChI is InChI=1S/C20H17N3O5/c1-11(20(27)28)21-19(26)12-6-5-9-14(10-12)23-16-15(17(24)18(16)25)22-13-7-3-2-4-8-13/h2-11,22-23H,1H3,(H,21,26)(H,27,28)/t11-/m0/s1. The number of hydrogen-bond acceptors (Lipinski definition) is 6. The lowest BCUT2D eigenvalue weighted by Crippen LogP contribution is -2.38. The SMILES string of the molecule is C[C@H](NC(=O)c1cccc(Nc2c(Nc3ccccc3)c(=O)c2=O)c1)C(=O)O. The number of carbonyl (C=O) groups excluding carboxylic acids is 1. The van der Waals surface area contributed by atoms with Crippen LogP contribution in [0.4, 0.5) is 22.7 Å². The molecule has 0 radical (unpaired) electrons. The van der Waals surface area contributed by atoms with Crippen LogP contribution in [-0.4, -0.2) is 23.0 Å². The minimum atomic E-state index is -1.15. The normalized spacial score (nSPS) is 11.6. The van der Waals surface area contributed by atoms with Crippen LogP contribution in [0, 0.1) is 0 Å². The Morgan fingerprint density at radius 2 is 1.43 bits per heavy atom. The molecule has 0 saturated carbocycles. The van der Waals surface area contributed by atoms with Gasteiger partial charge < -0.3 is 21.1 Å². The van der Waals surface area contributed by atoms with Crippen LogP contribution in [0.15, 0.2) is 64.2 Å². The highest BCUT2D eigenvalue weighted by atomic mass is 16.4. The third kappa shape index (κ3) is 3.90. The molecular formula is C20H17N3O5. The van der Waals surface area contributed by atoms with Gasteiger partial charge in [-0.05, 0) is 37.3 Å². The van der Waals surface area contributed by atoms with Crippen molar-refractivity contribution in [1.29, 1.82) is 0 Å². The largest absolute Gasteiger partial charge is 0.480 e. The molecule has 3 rings (SSSR count). The monoisotopic (exact) mass is 379 g/mol. The fourth-order valence-corrected chi connectivity index (χ4v) is 2.52. The maximum Gasteiger partial charge on any atom is 0.325 e. The maximum absolute atomic E-state index is 12.2. The second-order valence-corrected chi connectivity index (χ2v) is 6.14. The van der Waals surface area contributed by atoms with Gasteiger partial charge in [-0.25, -0.2) is 0 Å². The molecular weight excluding hydrogens is 362 g/mol. The quantitative estimate of drug-likeness (QED) is 0.463. The first-order valence-corrected chi connectivity index (χ1v) is 8.43. The van der Waals surface area contributed by atoms with Crippen molar-refractivity contribution in [2.45, 2.75) is 13.0 Å². The summed E-state index contributed by atoms with van der Waals surface area (Å²) in [7, 11) is 0. The predicted octanol–water partition coefficient (Wildman–Crippen LogP) is 1.97. The van der Waals surface area contributed by atoms with Crippen LogP contribution < -0.4 is 26.8 Å². The van der Waals surface area contributed by atoms with Crippen LogP contribution in [0.5, 0.6) is 0 Å². The third-order valence-electron chi connectivity index (χ3n) is 4.07. The number of carboxylic acids is 1. The van der Waals surface area contributed by atoms with Crippen LogP contribution >= 0.6 is 0 Å². The van der Waals surface area contributed by atoms with Crippen molar-refractivity contribution in [3.63, 3.8) is 0 Å². The van der Waals surface area contributed by atoms with Gasteiger partial charge in [-0.3, -0.25) is 19.2 Å². The first-order valence-electron chi connectivity index (χ1n) is 8.43. The van der Waals surface area contributed by atoms with E-state index in [4.69, 9.17) is 5.11 Å². The van der Waals surface area contributed by atoms with Crippen LogP contribution in [0.2, 0.25) is 0 Å². The van der Waals surface area contributed by atoms with E-state index in [1.54, 1.807) is 36.4 Å². The second kappa shape index (κ2) is 7.75. The van der Waals surface area contributed by atoms with Crippen LogP contribution in [-0.2, 0) is 4.79 Å². The van der Waals surface area contributed by atoms with E-state index in [9.17, 15) is 19.2 Å². The lowest BCUT2D eigenvalue weighted by atomic mass is 10.1. The van der Waals surface area contributed by atoms with Crippen LogP contribution in [0.1, 0.15) is 17.3 Å². The summed E-state index contributed by atoms with van der Waals surface area (Å²) >= 11 is 0. The van der Waals surface area contributed by atoms with E-state index in [1.807, 2.05) is 6.07 Å². The van der Waals surface area contributed by atoms with Crippen molar-refractivity contribution in [2.75, 3.05) is 10.6 Å². The molecule has 3 aromatic rings. The number of carbonyl (C=O) groups is 2. The molecule has 0 fully saturated rings. The molecule has 0 spiro atoms. The Kier molecular flexibility index (Phi) is 5.21. The average Bonchev–Trinajstić information content (AvgIpc) is 2.71. The molecule has 8 nitrogen and oxygen atoms in total. The molecule has 4 N–H and O–H groups in total. The van der Waals surface area contributed by atoms with E-state index in [1.165, 1.54) is 19.1 Å². The molecule has 8 heteroatoms. The molecule has 1 amide bonds. The molecule has 0 bridgehead atoms. The Hall–Kier alpha value is -3.94. The summed E-state index contributed by atoms with van der Waals surface area (Å²) in [5, 5.41) is 17.0. The van der Waals surface area contributed by atoms with Gasteiger partial charge in [-0.2, -0.15) is 0 Å². The van der Waals surface area contributed by atoms with E-state index < -0.39 is 28.8 Å². The summed E-state index contributed by atoms with van der Waals surface area (Å²) in [6.45, 7) is 1.35. The summed E-state index contributed by atoms with van der Waals surface area (Å²) in [5.74, 6) is -1.71. The Balaban J connectivity index is 1.79. The first kappa shape index (κ1) is 18.8. The highest BCUT2D eigenvalue weighted by Crippen LogP contribution is 2.24. The Labute approximate surface area is 159 Å². The number of nitrogens with one attached hydrogen (secondary N) is 3. The molecule has 0 aliphatic rings. The summed E-state index contributed by atoms with van der Waals surface area (Å²) in [6.07, 6.45) is 0. The minimum absolute atomic E-state index is 0.102. The van der Waals surface area contributed by atoms with Crippen molar-refractivity contribution in [1.82, 2.24) is 5.32 Å². The van der Waals surface area contributed by atoms with Crippen LogP contribution in [0.25, 0.3) is 0 Å². The van der Waals surface area contributed by atoms with E-state index in [2.05, 4.69) is 16.0 Å². The Bertz CT molecular complexity index is 1100. The van der Waals surface area contributed by atoms with Gasteiger partial charge in [-0.15, -0.1) is 0 Å². The van der Waals surface area contributed by atoms with Gasteiger partial charge >= 0.3 is 5.97 Å². The molecule has 28 heavy (non-hydrogen) atoms. The smallest absolute Gasteiger partial charge is 0.325 e. The van der Waals surface area contributed by atoms with Crippen molar-refractivity contribution >= 4 is 34.6 Å². The molecule has 0 saturated heterocycles. The van der Waals surface area contributed by atoms with Crippen molar-refractivity contribution < 1.29 is 14.7 Å². The molecule has 0 unspecified atom stereocenters. The van der Waals surface area contributed by atoms with Gasteiger partial charge in [0.25, 0.3) is 16.8 Å². The highest BCUT2D eigenvalue weighted by molar-refractivity contribution is 5.97. The van der Waals surface area contributed by atoms with Gasteiger partial charge in [0.2, 0.25) is 0 Å². The molecule has 3 aromatic carbocycles. The van der Waals surface area contributed by atoms with Gasteiger partial charge in [0.05, 0.1) is 0 Å². The van der Waals surface area contributed by atoms with E-state index in [0.717, 1.165) is 0 Å². The predicted molar refractivity (Wildman–Crippen MR) is 105 cm³/mol. The minimum Gasteiger partial charge on any atom is -0.480 e. The Morgan fingerprint density at radius 3 is 2.04 bits per heavy atom. The number of para-hydroxylation sites is 1. The van der Waals surface area contributed by atoms with E-state index in [-0.39, 0.29) is 16.9 Å². The highest BCUT2D eigenvalue weighted by Gasteiger charge is 2.22. The zero-order chi connectivity index (χ0) is 20.3. The van der Waals surface area contributed by atoms with Crippen molar-refractivity contribution in [2.24, 2.45) is 0 Å². The van der Waals surface area contributed by atoms with Gasteiger partial charge in [0.1, 0.15) is 17.4 Å². The lowest BCUT2D eigenvalue weighted by Gasteiger charge is -2.15. The fourth-order valence-electron chi connectivity index (χ4n) is 2.52. The van der Waals surface area contributed by atoms with Crippen molar-refractivity contribution in [3.8, 4) is 0 Å². The zero-order valence-corrected chi connectivity index (χ0v) is 14.9. The number of anilines is 4. The molecule has 0 aliphatic carbocycles. The van der Waals surface area contributed by atoms with E-state index in [0.29, 0.717) is 11.4 Å². The number of aliphatic carboxylic acids is 1. The summed E-state index contributed by atoms with van der Waals surface area (Å²) in [6, 6.07) is 14.1. The van der Waals surface area contributed by atoms with Gasteiger partial charge in [0.15, 0.2) is 0 Å². The number of hydrogen-bond donors (Lipinski definition) is 4. The lowest BCUT2D eigenvalue weighted by molar-refractivity contribution is -0.138. The molecule has 0 heterocycles. The molecule has 142 valence electrons. The summed E-state index contributed by atoms with van der Waals surface area (Å²) < 4.78 is 0. The Morgan fingerprint density at radius 1 is 0.857 bits per heavy atom. The molecule has 0 aliphatic heterocycles. The van der Waals surface area contributed by atoms with Gasteiger partial charge in [0, 0.05) is 16.9 Å². The second-order valence-electron chi connectivity index (χ2n) is 6.14. The number of amides is 1. The number of benzene rings is 2. The van der Waals surface area contributed by atoms with Crippen LogP contribution in [0.3, 0.4) is 0 Å². The first-order chi connectivity index (χ1) is 13.4.